The molecule has 4 aromatic rings. The van der Waals surface area contributed by atoms with Gasteiger partial charge in [0.05, 0.1) is 50.2 Å². The van der Waals surface area contributed by atoms with Crippen molar-refractivity contribution in [2.45, 2.75) is 51.5 Å². The van der Waals surface area contributed by atoms with Crippen LogP contribution in [0.2, 0.25) is 0 Å². The summed E-state index contributed by atoms with van der Waals surface area (Å²) in [4.78, 5) is 38.6. The Morgan fingerprint density at radius 2 is 1.90 bits per heavy atom. The molecule has 0 aliphatic rings. The minimum absolute atomic E-state index is 0.0133. The molecular weight excluding hydrogens is 526 g/mol. The molecule has 0 aliphatic carbocycles. The molecule has 0 saturated heterocycles. The zero-order valence-electron chi connectivity index (χ0n) is 21.5. The number of ether oxygens (including phenoxy) is 2. The molecule has 4 N–H and O–H groups in total. The third kappa shape index (κ3) is 7.18. The molecule has 212 valence electrons. The fourth-order valence-corrected chi connectivity index (χ4v) is 3.81. The Labute approximate surface area is 227 Å². The fraction of sp³-hybridized carbons (Fsp3) is 0.346. The van der Waals surface area contributed by atoms with E-state index in [2.05, 4.69) is 15.3 Å². The van der Waals surface area contributed by atoms with E-state index in [0.717, 1.165) is 11.8 Å². The number of hydrogen-bond acceptors (Lipinski definition) is 11. The number of H-pyrrole nitrogens is 1. The van der Waals surface area contributed by atoms with E-state index in [1.54, 1.807) is 6.92 Å². The van der Waals surface area contributed by atoms with Crippen molar-refractivity contribution < 1.29 is 34.0 Å². The highest BCUT2D eigenvalue weighted by molar-refractivity contribution is 5.89. The van der Waals surface area contributed by atoms with Gasteiger partial charge in [-0.2, -0.15) is 0 Å². The number of rotatable bonds is 13. The second-order valence-corrected chi connectivity index (χ2v) is 8.91. The summed E-state index contributed by atoms with van der Waals surface area (Å²) in [6, 6.07) is 10.6. The van der Waals surface area contributed by atoms with Crippen LogP contribution < -0.4 is 11.2 Å². The minimum Gasteiger partial charge on any atom is -0.466 e. The van der Waals surface area contributed by atoms with Crippen molar-refractivity contribution in [1.29, 1.82) is 0 Å². The predicted octanol–water partition coefficient (Wildman–Crippen LogP) is 0.118. The van der Waals surface area contributed by atoms with Crippen molar-refractivity contribution in [3.8, 4) is 0 Å². The number of furan rings is 1. The molecule has 1 aromatic carbocycles. The summed E-state index contributed by atoms with van der Waals surface area (Å²) in [7, 11) is 0. The first kappa shape index (κ1) is 28.6. The van der Waals surface area contributed by atoms with Gasteiger partial charge in [0.15, 0.2) is 0 Å². The van der Waals surface area contributed by atoms with Gasteiger partial charge in [-0.05, 0) is 18.6 Å². The van der Waals surface area contributed by atoms with Gasteiger partial charge in [0, 0.05) is 6.20 Å². The normalized spacial score (nSPS) is 13.6. The van der Waals surface area contributed by atoms with Gasteiger partial charge in [0.1, 0.15) is 36.0 Å². The number of benzene rings is 1. The van der Waals surface area contributed by atoms with Crippen LogP contribution in [0.4, 0.5) is 0 Å². The lowest BCUT2D eigenvalue weighted by molar-refractivity contribution is -0.0739. The van der Waals surface area contributed by atoms with Crippen molar-refractivity contribution in [1.82, 2.24) is 24.5 Å². The van der Waals surface area contributed by atoms with Crippen molar-refractivity contribution in [2.24, 2.45) is 0 Å². The molecule has 0 spiro atoms. The molecule has 0 bridgehead atoms. The Morgan fingerprint density at radius 3 is 2.65 bits per heavy atom. The van der Waals surface area contributed by atoms with Crippen LogP contribution in [0, 0.1) is 0 Å². The van der Waals surface area contributed by atoms with Crippen LogP contribution in [0.3, 0.4) is 0 Å². The predicted molar refractivity (Wildman–Crippen MR) is 137 cm³/mol. The monoisotopic (exact) mass is 555 g/mol. The van der Waals surface area contributed by atoms with E-state index in [-0.39, 0.29) is 43.2 Å². The van der Waals surface area contributed by atoms with Gasteiger partial charge in [0.2, 0.25) is 0 Å². The second-order valence-electron chi connectivity index (χ2n) is 8.91. The maximum absolute atomic E-state index is 12.3. The topological polar surface area (TPSA) is 195 Å². The molecule has 0 saturated carbocycles. The van der Waals surface area contributed by atoms with Crippen LogP contribution in [0.1, 0.15) is 46.0 Å². The minimum atomic E-state index is -1.69. The van der Waals surface area contributed by atoms with Crippen molar-refractivity contribution in [3.05, 3.63) is 104 Å². The number of aromatic nitrogens is 5. The van der Waals surface area contributed by atoms with E-state index in [1.165, 1.54) is 27.7 Å². The lowest BCUT2D eigenvalue weighted by Gasteiger charge is -2.21. The van der Waals surface area contributed by atoms with E-state index < -0.39 is 35.5 Å². The summed E-state index contributed by atoms with van der Waals surface area (Å²) in [5.74, 6) is -0.779. The molecule has 3 atom stereocenters. The molecule has 40 heavy (non-hydrogen) atoms. The van der Waals surface area contributed by atoms with Crippen molar-refractivity contribution >= 4 is 5.97 Å². The first-order valence-corrected chi connectivity index (χ1v) is 12.4. The van der Waals surface area contributed by atoms with E-state index in [1.807, 2.05) is 30.3 Å². The number of carbonyl (C=O) groups excluding carboxylic acids is 1. The average molecular weight is 556 g/mol. The molecule has 0 amide bonds. The number of aliphatic hydroxyl groups excluding tert-OH is 3. The highest BCUT2D eigenvalue weighted by atomic mass is 16.5. The van der Waals surface area contributed by atoms with Gasteiger partial charge >= 0.3 is 11.7 Å². The summed E-state index contributed by atoms with van der Waals surface area (Å²) >= 11 is 0. The van der Waals surface area contributed by atoms with Gasteiger partial charge < -0.3 is 29.2 Å². The van der Waals surface area contributed by atoms with Gasteiger partial charge in [0.25, 0.3) is 5.56 Å². The van der Waals surface area contributed by atoms with Crippen LogP contribution in [-0.2, 0) is 35.8 Å². The Bertz CT molecular complexity index is 1530. The number of aromatic amines is 1. The second kappa shape index (κ2) is 13.1. The number of carbonyl (C=O) groups is 1. The van der Waals surface area contributed by atoms with Gasteiger partial charge in [-0.25, -0.2) is 14.3 Å². The smallest absolute Gasteiger partial charge is 0.341 e. The zero-order valence-corrected chi connectivity index (χ0v) is 21.5. The molecule has 3 aromatic heterocycles. The van der Waals surface area contributed by atoms with Crippen molar-refractivity contribution in [3.63, 3.8) is 0 Å². The van der Waals surface area contributed by atoms with Crippen LogP contribution in [0.25, 0.3) is 0 Å². The van der Waals surface area contributed by atoms with E-state index in [4.69, 9.17) is 13.9 Å². The number of esters is 1. The van der Waals surface area contributed by atoms with Gasteiger partial charge in [-0.15, -0.1) is 5.10 Å². The third-order valence-corrected chi connectivity index (χ3v) is 5.89. The van der Waals surface area contributed by atoms with E-state index >= 15 is 0 Å². The van der Waals surface area contributed by atoms with Gasteiger partial charge in [-0.1, -0.05) is 35.5 Å². The highest BCUT2D eigenvalue weighted by Gasteiger charge is 2.30. The molecule has 3 heterocycles. The van der Waals surface area contributed by atoms with Crippen LogP contribution >= 0.6 is 0 Å². The molecule has 0 unspecified atom stereocenters. The molecular formula is C26H29N5O9. The van der Waals surface area contributed by atoms with E-state index in [0.29, 0.717) is 12.3 Å². The van der Waals surface area contributed by atoms with E-state index in [9.17, 15) is 29.7 Å². The van der Waals surface area contributed by atoms with Crippen LogP contribution in [-0.4, -0.2) is 64.6 Å². The average Bonchev–Trinajstić information content (AvgIpc) is 3.61. The summed E-state index contributed by atoms with van der Waals surface area (Å²) in [5.41, 5.74) is 0.374. The van der Waals surface area contributed by atoms with Crippen molar-refractivity contribution in [2.75, 3.05) is 6.61 Å². The Morgan fingerprint density at radius 1 is 1.12 bits per heavy atom. The molecule has 14 nitrogen and oxygen atoms in total. The Kier molecular flexibility index (Phi) is 9.39. The first-order chi connectivity index (χ1) is 19.2. The molecule has 4 rings (SSSR count). The zero-order chi connectivity index (χ0) is 28.6. The number of nitrogens with zero attached hydrogens (tertiary/aromatic N) is 4. The van der Waals surface area contributed by atoms with Gasteiger partial charge in [-0.3, -0.25) is 14.3 Å². The lowest BCUT2D eigenvalue weighted by atomic mass is 10.1. The van der Waals surface area contributed by atoms with Crippen LogP contribution in [0.5, 0.6) is 0 Å². The SMILES string of the molecule is CCOC(=O)c1coc([C@@H](O)[C@H](O)[C@H](O)Cn2cc(Cn3cc(COCc4ccccc4)c(=O)[nH]c3=O)nn2)c1. The lowest BCUT2D eigenvalue weighted by Crippen LogP contribution is -2.35. The third-order valence-electron chi connectivity index (χ3n) is 5.89. The Balaban J connectivity index is 1.35. The molecule has 0 fully saturated rings. The highest BCUT2D eigenvalue weighted by Crippen LogP contribution is 2.22. The quantitative estimate of drug-likeness (QED) is 0.164. The maximum atomic E-state index is 12.3. The molecule has 14 heteroatoms. The summed E-state index contributed by atoms with van der Waals surface area (Å²) < 4.78 is 18.1. The van der Waals surface area contributed by atoms with Crippen LogP contribution in [0.15, 0.2) is 69.1 Å². The number of hydrogen-bond donors (Lipinski definition) is 4. The fourth-order valence-electron chi connectivity index (χ4n) is 3.81. The summed E-state index contributed by atoms with van der Waals surface area (Å²) in [5, 5.41) is 39.1. The molecule has 0 aliphatic heterocycles. The first-order valence-electron chi connectivity index (χ1n) is 12.4. The number of nitrogens with one attached hydrogen (secondary N) is 1. The Hall–Kier alpha value is -4.37. The maximum Gasteiger partial charge on any atom is 0.341 e. The summed E-state index contributed by atoms with van der Waals surface area (Å²) in [6.45, 7) is 1.79. The summed E-state index contributed by atoms with van der Waals surface area (Å²) in [6.07, 6.45) is -0.910. The largest absolute Gasteiger partial charge is 0.466 e. The molecule has 0 radical (unpaired) electrons. The number of aliphatic hydroxyl groups is 3. The standard InChI is InChI=1S/C26H29N5O9/c1-2-39-25(36)17-8-21(40-15-17)23(34)22(33)20(32)12-31-11-19(28-29-31)10-30-9-18(24(35)27-26(30)37)14-38-13-16-6-4-3-5-7-16/h3-9,11,15,20,22-23,32-34H,2,10,12-14H2,1H3,(H,27,35,37)/t20-,22-,23-/m1/s1.